The highest BCUT2D eigenvalue weighted by molar-refractivity contribution is 7.89. The molecule has 1 aromatic heterocycles. The number of rotatable bonds is 5. The van der Waals surface area contributed by atoms with Crippen molar-refractivity contribution in [3.8, 4) is 0 Å². The molecule has 1 aromatic carbocycles. The van der Waals surface area contributed by atoms with Gasteiger partial charge < -0.3 is 10.1 Å². The van der Waals surface area contributed by atoms with E-state index < -0.39 is 27.9 Å². The highest BCUT2D eigenvalue weighted by Gasteiger charge is 2.21. The Bertz CT molecular complexity index is 753. The lowest BCUT2D eigenvalue weighted by molar-refractivity contribution is 0.0691. The maximum absolute atomic E-state index is 12.8. The summed E-state index contributed by atoms with van der Waals surface area (Å²) in [5.74, 6) is -1.66. The van der Waals surface area contributed by atoms with Gasteiger partial charge in [0.15, 0.2) is 0 Å². The van der Waals surface area contributed by atoms with Crippen molar-refractivity contribution in [3.05, 3.63) is 53.6 Å². The number of carboxylic acid groups (broad SMARTS) is 1. The van der Waals surface area contributed by atoms with Gasteiger partial charge in [-0.1, -0.05) is 12.1 Å². The number of hydrogen-bond acceptors (Lipinski definition) is 3. The normalized spacial score (nSPS) is 13.0. The van der Waals surface area contributed by atoms with Crippen LogP contribution >= 0.6 is 0 Å². The molecular weight excluding hydrogens is 299 g/mol. The minimum Gasteiger partial charge on any atom is -0.477 e. The number of halogens is 1. The van der Waals surface area contributed by atoms with Crippen LogP contribution in [0.25, 0.3) is 0 Å². The number of benzene rings is 1. The molecule has 0 radical (unpaired) electrons. The fraction of sp³-hybridized carbons (Fsp3) is 0.154. The smallest absolute Gasteiger partial charge is 0.352 e. The van der Waals surface area contributed by atoms with Gasteiger partial charge in [-0.25, -0.2) is 22.3 Å². The zero-order valence-electron chi connectivity index (χ0n) is 11.0. The van der Waals surface area contributed by atoms with Gasteiger partial charge >= 0.3 is 5.97 Å². The number of hydrogen-bond donors (Lipinski definition) is 3. The van der Waals surface area contributed by atoms with Gasteiger partial charge in [0.1, 0.15) is 16.4 Å². The van der Waals surface area contributed by atoms with Crippen LogP contribution in [0.3, 0.4) is 0 Å². The largest absolute Gasteiger partial charge is 0.477 e. The van der Waals surface area contributed by atoms with E-state index in [1.165, 1.54) is 24.3 Å². The van der Waals surface area contributed by atoms with Crippen LogP contribution in [0, 0.1) is 5.82 Å². The number of carbonyl (C=O) groups is 1. The number of H-pyrrole nitrogens is 1. The molecule has 0 fully saturated rings. The van der Waals surface area contributed by atoms with Gasteiger partial charge in [0, 0.05) is 12.2 Å². The summed E-state index contributed by atoms with van der Waals surface area (Å²) in [6.07, 6.45) is 1.10. The molecule has 2 aromatic rings. The van der Waals surface area contributed by atoms with Crippen molar-refractivity contribution in [2.75, 3.05) is 0 Å². The van der Waals surface area contributed by atoms with Crippen LogP contribution in [-0.4, -0.2) is 24.5 Å². The molecule has 0 aliphatic carbocycles. The molecule has 1 atom stereocenters. The lowest BCUT2D eigenvalue weighted by atomic mass is 10.1. The maximum Gasteiger partial charge on any atom is 0.352 e. The van der Waals surface area contributed by atoms with Gasteiger partial charge in [-0.05, 0) is 30.7 Å². The van der Waals surface area contributed by atoms with Gasteiger partial charge in [0.05, 0.1) is 0 Å². The lowest BCUT2D eigenvalue weighted by Crippen LogP contribution is -2.26. The number of aromatic amines is 1. The highest BCUT2D eigenvalue weighted by Crippen LogP contribution is 2.18. The first-order valence-corrected chi connectivity index (χ1v) is 7.47. The van der Waals surface area contributed by atoms with Gasteiger partial charge in [-0.3, -0.25) is 0 Å². The predicted molar refractivity (Wildman–Crippen MR) is 72.9 cm³/mol. The SMILES string of the molecule is C[C@H](NS(=O)(=O)c1c[nH]c(C(=O)O)c1)c1ccc(F)cc1. The Kier molecular flexibility index (Phi) is 4.10. The molecule has 0 spiro atoms. The monoisotopic (exact) mass is 312 g/mol. The van der Waals surface area contributed by atoms with E-state index in [1.54, 1.807) is 6.92 Å². The Morgan fingerprint density at radius 3 is 2.48 bits per heavy atom. The number of sulfonamides is 1. The molecule has 0 aliphatic rings. The Hall–Kier alpha value is -2.19. The molecule has 2 rings (SSSR count). The summed E-state index contributed by atoms with van der Waals surface area (Å²) in [5, 5.41) is 8.77. The lowest BCUT2D eigenvalue weighted by Gasteiger charge is -2.13. The van der Waals surface area contributed by atoms with E-state index >= 15 is 0 Å². The summed E-state index contributed by atoms with van der Waals surface area (Å²) in [5.41, 5.74) is 0.374. The first-order valence-electron chi connectivity index (χ1n) is 5.99. The fourth-order valence-electron chi connectivity index (χ4n) is 1.77. The quantitative estimate of drug-likeness (QED) is 0.785. The molecule has 0 saturated carbocycles. The van der Waals surface area contributed by atoms with Crippen molar-refractivity contribution in [2.45, 2.75) is 17.9 Å². The second kappa shape index (κ2) is 5.66. The van der Waals surface area contributed by atoms with Gasteiger partial charge in [-0.2, -0.15) is 0 Å². The number of aromatic nitrogens is 1. The van der Waals surface area contributed by atoms with E-state index in [4.69, 9.17) is 5.11 Å². The zero-order valence-corrected chi connectivity index (χ0v) is 11.8. The van der Waals surface area contributed by atoms with Crippen LogP contribution < -0.4 is 4.72 Å². The highest BCUT2D eigenvalue weighted by atomic mass is 32.2. The van der Waals surface area contributed by atoms with Gasteiger partial charge in [-0.15, -0.1) is 0 Å². The van der Waals surface area contributed by atoms with Crippen LogP contribution in [0.5, 0.6) is 0 Å². The minimum absolute atomic E-state index is 0.172. The molecule has 112 valence electrons. The molecule has 0 aliphatic heterocycles. The third-order valence-electron chi connectivity index (χ3n) is 2.90. The van der Waals surface area contributed by atoms with Crippen molar-refractivity contribution >= 4 is 16.0 Å². The number of nitrogens with one attached hydrogen (secondary N) is 2. The topological polar surface area (TPSA) is 99.3 Å². The van der Waals surface area contributed by atoms with Crippen LogP contribution in [-0.2, 0) is 10.0 Å². The van der Waals surface area contributed by atoms with Crippen LogP contribution in [0.15, 0.2) is 41.4 Å². The molecule has 21 heavy (non-hydrogen) atoms. The molecule has 0 amide bonds. The first kappa shape index (κ1) is 15.2. The van der Waals surface area contributed by atoms with E-state index in [9.17, 15) is 17.6 Å². The van der Waals surface area contributed by atoms with Crippen molar-refractivity contribution in [3.63, 3.8) is 0 Å². The van der Waals surface area contributed by atoms with Crippen molar-refractivity contribution < 1.29 is 22.7 Å². The minimum atomic E-state index is -3.87. The zero-order chi connectivity index (χ0) is 15.6. The van der Waals surface area contributed by atoms with E-state index in [2.05, 4.69) is 9.71 Å². The average Bonchev–Trinajstić information content (AvgIpc) is 2.89. The second-order valence-electron chi connectivity index (χ2n) is 4.45. The van der Waals surface area contributed by atoms with Crippen molar-refractivity contribution in [2.24, 2.45) is 0 Å². The molecule has 1 heterocycles. The molecule has 6 nitrogen and oxygen atoms in total. The van der Waals surface area contributed by atoms with E-state index in [0.717, 1.165) is 12.3 Å². The van der Waals surface area contributed by atoms with Crippen LogP contribution in [0.4, 0.5) is 4.39 Å². The Morgan fingerprint density at radius 1 is 1.33 bits per heavy atom. The Morgan fingerprint density at radius 2 is 1.95 bits per heavy atom. The summed E-state index contributed by atoms with van der Waals surface area (Å²) < 4.78 is 39.5. The first-order chi connectivity index (χ1) is 9.79. The van der Waals surface area contributed by atoms with E-state index in [0.29, 0.717) is 5.56 Å². The number of carboxylic acids is 1. The van der Waals surface area contributed by atoms with Gasteiger partial charge in [0.25, 0.3) is 0 Å². The van der Waals surface area contributed by atoms with E-state index in [1.807, 2.05) is 0 Å². The molecule has 3 N–H and O–H groups in total. The van der Waals surface area contributed by atoms with E-state index in [-0.39, 0.29) is 10.6 Å². The van der Waals surface area contributed by atoms with Crippen LogP contribution in [0.2, 0.25) is 0 Å². The molecule has 8 heteroatoms. The molecule has 0 saturated heterocycles. The van der Waals surface area contributed by atoms with Gasteiger partial charge in [0.2, 0.25) is 10.0 Å². The fourth-order valence-corrected chi connectivity index (χ4v) is 3.00. The third kappa shape index (κ3) is 3.47. The summed E-state index contributed by atoms with van der Waals surface area (Å²) in [4.78, 5) is 12.9. The van der Waals surface area contributed by atoms with Crippen LogP contribution in [0.1, 0.15) is 29.0 Å². The molecular formula is C13H13FN2O4S. The Balaban J connectivity index is 2.20. The molecule has 0 unspecified atom stereocenters. The molecule has 0 bridgehead atoms. The summed E-state index contributed by atoms with van der Waals surface area (Å²) in [6.45, 7) is 1.61. The van der Waals surface area contributed by atoms with Crippen molar-refractivity contribution in [1.82, 2.24) is 9.71 Å². The standard InChI is InChI=1S/C13H13FN2O4S/c1-8(9-2-4-10(14)5-3-9)16-21(19,20)11-6-12(13(17)18)15-7-11/h2-8,15-16H,1H3,(H,17,18)/t8-/m0/s1. The maximum atomic E-state index is 12.8. The van der Waals surface area contributed by atoms with Crippen molar-refractivity contribution in [1.29, 1.82) is 0 Å². The number of aromatic carboxylic acids is 1. The predicted octanol–water partition coefficient (Wildman–Crippen LogP) is 1.89. The third-order valence-corrected chi connectivity index (χ3v) is 4.42. The second-order valence-corrected chi connectivity index (χ2v) is 6.16. The Labute approximate surface area is 120 Å². The summed E-state index contributed by atoms with van der Waals surface area (Å²) in [6, 6.07) is 5.86. The summed E-state index contributed by atoms with van der Waals surface area (Å²) >= 11 is 0. The average molecular weight is 312 g/mol. The summed E-state index contributed by atoms with van der Waals surface area (Å²) in [7, 11) is -3.87.